The van der Waals surface area contributed by atoms with E-state index >= 15 is 0 Å². The van der Waals surface area contributed by atoms with Crippen LogP contribution >= 0.6 is 23.2 Å². The topological polar surface area (TPSA) is 97.5 Å². The second kappa shape index (κ2) is 9.75. The number of carbonyl (C=O) groups excluding carboxylic acids is 1. The van der Waals surface area contributed by atoms with Gasteiger partial charge in [0.15, 0.2) is 5.84 Å². The summed E-state index contributed by atoms with van der Waals surface area (Å²) in [7, 11) is 1.60. The van der Waals surface area contributed by atoms with E-state index in [4.69, 9.17) is 34.3 Å². The van der Waals surface area contributed by atoms with Crippen LogP contribution in [0.25, 0.3) is 0 Å². The molecule has 2 atom stereocenters. The Morgan fingerprint density at radius 2 is 1.87 bits per heavy atom. The Hall–Kier alpha value is -2.19. The van der Waals surface area contributed by atoms with Gasteiger partial charge in [-0.15, -0.1) is 0 Å². The Labute approximate surface area is 185 Å². The highest BCUT2D eigenvalue weighted by molar-refractivity contribution is 6.35. The first-order valence-electron chi connectivity index (χ1n) is 10.00. The summed E-state index contributed by atoms with van der Waals surface area (Å²) in [4.78, 5) is 16.9. The minimum absolute atomic E-state index is 0.0197. The van der Waals surface area contributed by atoms with Crippen LogP contribution < -0.4 is 16.4 Å². The van der Waals surface area contributed by atoms with Crippen LogP contribution in [-0.2, 0) is 4.79 Å². The number of halogens is 3. The molecule has 2 aliphatic rings. The van der Waals surface area contributed by atoms with Gasteiger partial charge >= 0.3 is 0 Å². The summed E-state index contributed by atoms with van der Waals surface area (Å²) in [6, 6.07) is 4.74. The fourth-order valence-electron chi connectivity index (χ4n) is 4.18. The predicted octanol–water partition coefficient (Wildman–Crippen LogP) is 3.15. The van der Waals surface area contributed by atoms with Crippen LogP contribution in [0.3, 0.4) is 0 Å². The van der Waals surface area contributed by atoms with Crippen molar-refractivity contribution < 1.29 is 9.18 Å². The van der Waals surface area contributed by atoms with Gasteiger partial charge < -0.3 is 26.2 Å². The lowest BCUT2D eigenvalue weighted by molar-refractivity contribution is -0.137. The molecule has 30 heavy (non-hydrogen) atoms. The molecular weight excluding hydrogens is 430 g/mol. The maximum Gasteiger partial charge on any atom is 0.245 e. The number of amides is 1. The molecule has 164 valence electrons. The van der Waals surface area contributed by atoms with Crippen LogP contribution in [0.1, 0.15) is 25.7 Å². The molecule has 0 spiro atoms. The number of nitrogens with one attached hydrogen (secondary N) is 3. The summed E-state index contributed by atoms with van der Waals surface area (Å²) in [5.74, 6) is -1.17. The monoisotopic (exact) mass is 456 g/mol. The molecule has 10 heteroatoms. The molecule has 0 radical (unpaired) electrons. The molecule has 1 unspecified atom stereocenters. The summed E-state index contributed by atoms with van der Waals surface area (Å²) in [5, 5.41) is 14.5. The molecule has 2 fully saturated rings. The zero-order chi connectivity index (χ0) is 21.8. The highest BCUT2D eigenvalue weighted by atomic mass is 35.5. The van der Waals surface area contributed by atoms with Crippen LogP contribution in [0.4, 0.5) is 10.1 Å². The number of rotatable bonds is 6. The second-order valence-corrected chi connectivity index (χ2v) is 8.47. The SMILES string of the molecule is CN/C(=C(/F)C(=N)N)N1CCC[C@@H](N2CCCC(Nc3cc(Cl)cc(Cl)c3)C2=O)C1. The molecular formula is C20H27Cl2FN6O. The van der Waals surface area contributed by atoms with E-state index in [-0.39, 0.29) is 23.8 Å². The third-order valence-corrected chi connectivity index (χ3v) is 5.95. The third-order valence-electron chi connectivity index (χ3n) is 5.51. The van der Waals surface area contributed by atoms with Gasteiger partial charge in [-0.25, -0.2) is 0 Å². The van der Waals surface area contributed by atoms with Crippen molar-refractivity contribution in [2.45, 2.75) is 37.8 Å². The van der Waals surface area contributed by atoms with E-state index in [1.54, 1.807) is 25.2 Å². The van der Waals surface area contributed by atoms with E-state index in [0.29, 0.717) is 35.4 Å². The summed E-state index contributed by atoms with van der Waals surface area (Å²) in [6.45, 7) is 1.79. The lowest BCUT2D eigenvalue weighted by Crippen LogP contribution is -2.56. The second-order valence-electron chi connectivity index (χ2n) is 7.60. The molecule has 1 aromatic rings. The van der Waals surface area contributed by atoms with Crippen molar-refractivity contribution in [3.63, 3.8) is 0 Å². The summed E-state index contributed by atoms with van der Waals surface area (Å²) < 4.78 is 14.3. The van der Waals surface area contributed by atoms with Gasteiger partial charge in [0.2, 0.25) is 11.7 Å². The number of carbonyl (C=O) groups is 1. The van der Waals surface area contributed by atoms with Crippen LogP contribution in [0.2, 0.25) is 10.0 Å². The maximum absolute atomic E-state index is 14.3. The van der Waals surface area contributed by atoms with Gasteiger partial charge in [-0.2, -0.15) is 4.39 Å². The third kappa shape index (κ3) is 5.10. The zero-order valence-electron chi connectivity index (χ0n) is 16.9. The molecule has 5 N–H and O–H groups in total. The van der Waals surface area contributed by atoms with Gasteiger partial charge in [-0.05, 0) is 43.9 Å². The standard InChI is InChI=1S/C20H27Cl2FN6O/c1-26-19(17(23)18(24)25)28-6-2-4-15(11-28)29-7-3-5-16(20(29)30)27-14-9-12(21)8-13(22)10-14/h8-10,15-16,26-27H,2-7,11H2,1H3,(H3,24,25)/b19-17-/t15-,16?/m1/s1. The van der Waals surface area contributed by atoms with E-state index in [1.807, 2.05) is 9.80 Å². The average Bonchev–Trinajstić information content (AvgIpc) is 2.69. The number of amidine groups is 1. The molecule has 7 nitrogen and oxygen atoms in total. The minimum Gasteiger partial charge on any atom is -0.382 e. The van der Waals surface area contributed by atoms with Crippen molar-refractivity contribution in [2.75, 3.05) is 32.0 Å². The van der Waals surface area contributed by atoms with E-state index in [9.17, 15) is 9.18 Å². The molecule has 2 heterocycles. The smallest absolute Gasteiger partial charge is 0.245 e. The van der Waals surface area contributed by atoms with Crippen LogP contribution in [0.5, 0.6) is 0 Å². The molecule has 0 bridgehead atoms. The Kier molecular flexibility index (Phi) is 7.31. The van der Waals surface area contributed by atoms with Gasteiger partial charge in [-0.3, -0.25) is 10.2 Å². The highest BCUT2D eigenvalue weighted by Crippen LogP contribution is 2.27. The van der Waals surface area contributed by atoms with Gasteiger partial charge in [0.05, 0.1) is 0 Å². The van der Waals surface area contributed by atoms with Crippen LogP contribution in [0.15, 0.2) is 29.8 Å². The van der Waals surface area contributed by atoms with Gasteiger partial charge in [0.25, 0.3) is 0 Å². The first-order chi connectivity index (χ1) is 14.3. The number of benzene rings is 1. The normalized spacial score (nSPS) is 23.1. The zero-order valence-corrected chi connectivity index (χ0v) is 18.4. The molecule has 0 aromatic heterocycles. The molecule has 1 amide bonds. The Morgan fingerprint density at radius 3 is 2.50 bits per heavy atom. The van der Waals surface area contributed by atoms with E-state index in [2.05, 4.69) is 10.6 Å². The molecule has 2 aliphatic heterocycles. The van der Waals surface area contributed by atoms with Gasteiger partial charge in [0.1, 0.15) is 11.9 Å². The van der Waals surface area contributed by atoms with Gasteiger partial charge in [-0.1, -0.05) is 23.2 Å². The molecule has 3 rings (SSSR count). The number of anilines is 1. The molecule has 1 aromatic carbocycles. The molecule has 0 aliphatic carbocycles. The number of nitrogens with zero attached hydrogens (tertiary/aromatic N) is 2. The maximum atomic E-state index is 14.3. The first-order valence-corrected chi connectivity index (χ1v) is 10.8. The van der Waals surface area contributed by atoms with Crippen LogP contribution in [-0.4, -0.2) is 60.3 Å². The quantitative estimate of drug-likeness (QED) is 0.389. The largest absolute Gasteiger partial charge is 0.382 e. The van der Waals surface area contributed by atoms with Gasteiger partial charge in [0, 0.05) is 48.5 Å². The summed E-state index contributed by atoms with van der Waals surface area (Å²) in [5.41, 5.74) is 6.03. The fourth-order valence-corrected chi connectivity index (χ4v) is 4.71. The van der Waals surface area contributed by atoms with E-state index in [0.717, 1.165) is 25.7 Å². The highest BCUT2D eigenvalue weighted by Gasteiger charge is 2.36. The minimum atomic E-state index is -0.777. The Bertz CT molecular complexity index is 828. The number of hydrogen-bond donors (Lipinski definition) is 4. The number of nitrogens with two attached hydrogens (primary N) is 1. The lowest BCUT2D eigenvalue weighted by atomic mass is 9.97. The van der Waals surface area contributed by atoms with Crippen LogP contribution in [0, 0.1) is 5.41 Å². The van der Waals surface area contributed by atoms with Crippen molar-refractivity contribution in [2.24, 2.45) is 5.73 Å². The summed E-state index contributed by atoms with van der Waals surface area (Å²) >= 11 is 12.1. The molecule has 2 saturated heterocycles. The van der Waals surface area contributed by atoms with Crippen molar-refractivity contribution in [1.29, 1.82) is 5.41 Å². The first kappa shape index (κ1) is 22.5. The van der Waals surface area contributed by atoms with Crippen molar-refractivity contribution in [3.8, 4) is 0 Å². The van der Waals surface area contributed by atoms with Crippen molar-refractivity contribution in [1.82, 2.24) is 15.1 Å². The van der Waals surface area contributed by atoms with E-state index in [1.165, 1.54) is 0 Å². The predicted molar refractivity (Wildman–Crippen MR) is 119 cm³/mol. The Balaban J connectivity index is 1.72. The number of piperidine rings is 2. The van der Waals surface area contributed by atoms with Crippen molar-refractivity contribution >= 4 is 40.6 Å². The van der Waals surface area contributed by atoms with Crippen molar-refractivity contribution in [3.05, 3.63) is 39.9 Å². The number of likely N-dealkylation sites (tertiary alicyclic amines) is 2. The Morgan fingerprint density at radius 1 is 1.20 bits per heavy atom. The summed E-state index contributed by atoms with van der Waals surface area (Å²) in [6.07, 6.45) is 3.24. The van der Waals surface area contributed by atoms with E-state index < -0.39 is 11.7 Å². The number of hydrogen-bond acceptors (Lipinski definition) is 5. The average molecular weight is 457 g/mol. The fraction of sp³-hybridized carbons (Fsp3) is 0.500. The lowest BCUT2D eigenvalue weighted by Gasteiger charge is -2.44. The molecule has 0 saturated carbocycles.